The summed E-state index contributed by atoms with van der Waals surface area (Å²) in [5.74, 6) is -1.35. The normalized spacial score (nSPS) is 22.4. The first-order valence-corrected chi connectivity index (χ1v) is 17.5. The van der Waals surface area contributed by atoms with E-state index in [0.29, 0.717) is 5.56 Å². The number of aliphatic hydroxyl groups excluding tert-OH is 1. The molecule has 23 heteroatoms. The van der Waals surface area contributed by atoms with Crippen LogP contribution < -0.4 is 5.73 Å². The number of anilines is 1. The van der Waals surface area contributed by atoms with Gasteiger partial charge in [0.2, 0.25) is 0 Å². The Kier molecular flexibility index (Phi) is 9.87. The van der Waals surface area contributed by atoms with Gasteiger partial charge in [0, 0.05) is 11.1 Å². The quantitative estimate of drug-likeness (QED) is 0.0687. The molecule has 0 spiro atoms. The van der Waals surface area contributed by atoms with Crippen LogP contribution in [-0.4, -0.2) is 80.9 Å². The number of phosphoric ester groups is 1. The highest BCUT2D eigenvalue weighted by molar-refractivity contribution is 7.66. The van der Waals surface area contributed by atoms with Crippen LogP contribution in [-0.2, 0) is 36.3 Å². The first-order chi connectivity index (χ1) is 22.0. The number of carbonyl (C=O) groups is 2. The topological polar surface area (TPSA) is 302 Å². The van der Waals surface area contributed by atoms with Crippen molar-refractivity contribution in [3.8, 4) is 0 Å². The van der Waals surface area contributed by atoms with Gasteiger partial charge in [-0.25, -0.2) is 33.4 Å². The molecule has 1 fully saturated rings. The van der Waals surface area contributed by atoms with Crippen LogP contribution >= 0.6 is 23.5 Å². The maximum Gasteiger partial charge on any atom is 0.490 e. The van der Waals surface area contributed by atoms with Gasteiger partial charge in [-0.05, 0) is 12.1 Å². The zero-order valence-electron chi connectivity index (χ0n) is 23.4. The molecule has 4 aromatic rings. The van der Waals surface area contributed by atoms with Crippen LogP contribution in [0.2, 0.25) is 0 Å². The van der Waals surface area contributed by atoms with Gasteiger partial charge in [0.1, 0.15) is 24.1 Å². The van der Waals surface area contributed by atoms with E-state index in [9.17, 15) is 38.2 Å². The lowest BCUT2D eigenvalue weighted by Crippen LogP contribution is -2.38. The van der Waals surface area contributed by atoms with E-state index in [4.69, 9.17) is 25.0 Å². The van der Waals surface area contributed by atoms with Gasteiger partial charge in [-0.15, -0.1) is 0 Å². The summed E-state index contributed by atoms with van der Waals surface area (Å²) in [6.07, 6.45) is -4.15. The van der Waals surface area contributed by atoms with Gasteiger partial charge in [-0.3, -0.25) is 13.9 Å². The number of aliphatic hydroxyl groups is 1. The molecule has 5 rings (SSSR count). The molecule has 1 saturated heterocycles. The van der Waals surface area contributed by atoms with Crippen LogP contribution in [0, 0.1) is 0 Å². The molecule has 3 heterocycles. The van der Waals surface area contributed by atoms with Crippen LogP contribution in [0.25, 0.3) is 11.2 Å². The summed E-state index contributed by atoms with van der Waals surface area (Å²) in [6, 6.07) is 13.7. The van der Waals surface area contributed by atoms with E-state index in [1.165, 1.54) is 35.2 Å². The van der Waals surface area contributed by atoms with Crippen molar-refractivity contribution in [2.24, 2.45) is 0 Å². The number of hydrogen-bond acceptors (Lipinski definition) is 15. The summed E-state index contributed by atoms with van der Waals surface area (Å²) in [6.45, 7) is -1.07. The molecule has 1 aliphatic rings. The SMILES string of the molecule is Nc1ncnc2c1ncn2[C@@H]1O[C@H](COP(=O)(O)OP(=O)(O)OP(=O)(O)O)C(OC(=O)c2ccc(C(=O)c3ccccc3)cc2)[C@@H]1O. The van der Waals surface area contributed by atoms with Gasteiger partial charge in [-0.2, -0.15) is 8.62 Å². The first kappa shape index (κ1) is 34.6. The van der Waals surface area contributed by atoms with Crippen LogP contribution in [0.3, 0.4) is 0 Å². The number of ether oxygens (including phenoxy) is 2. The average Bonchev–Trinajstić information content (AvgIpc) is 3.56. The van der Waals surface area contributed by atoms with Gasteiger partial charge in [0.25, 0.3) is 0 Å². The number of aromatic nitrogens is 4. The Morgan fingerprint density at radius 3 is 2.17 bits per heavy atom. The smallest absolute Gasteiger partial charge is 0.453 e. The zero-order valence-corrected chi connectivity index (χ0v) is 26.1. The Balaban J connectivity index is 1.37. The molecule has 0 amide bonds. The fourth-order valence-electron chi connectivity index (χ4n) is 4.46. The van der Waals surface area contributed by atoms with Crippen LogP contribution in [0.4, 0.5) is 5.82 Å². The molecule has 2 aromatic carbocycles. The molecule has 20 nitrogen and oxygen atoms in total. The molecule has 3 unspecified atom stereocenters. The molecular weight excluding hydrogens is 691 g/mol. The second-order valence-corrected chi connectivity index (χ2v) is 14.1. The lowest BCUT2D eigenvalue weighted by molar-refractivity contribution is -0.0520. The van der Waals surface area contributed by atoms with Crippen LogP contribution in [0.1, 0.15) is 32.5 Å². The molecule has 2 aromatic heterocycles. The van der Waals surface area contributed by atoms with Gasteiger partial charge >= 0.3 is 29.4 Å². The minimum absolute atomic E-state index is 0.0115. The van der Waals surface area contributed by atoms with Crippen molar-refractivity contribution in [1.29, 1.82) is 0 Å². The fourth-order valence-corrected chi connectivity index (χ4v) is 7.49. The van der Waals surface area contributed by atoms with E-state index < -0.39 is 60.6 Å². The fraction of sp³-hybridized carbons (Fsp3) is 0.208. The summed E-state index contributed by atoms with van der Waals surface area (Å²) in [5.41, 5.74) is 6.64. The van der Waals surface area contributed by atoms with E-state index in [2.05, 4.69) is 28.1 Å². The highest BCUT2D eigenvalue weighted by Gasteiger charge is 2.49. The molecule has 0 bridgehead atoms. The summed E-state index contributed by atoms with van der Waals surface area (Å²) >= 11 is 0. The van der Waals surface area contributed by atoms with E-state index in [1.807, 2.05) is 0 Å². The lowest BCUT2D eigenvalue weighted by atomic mass is 10.0. The van der Waals surface area contributed by atoms with Gasteiger partial charge < -0.3 is 39.9 Å². The van der Waals surface area contributed by atoms with E-state index in [-0.39, 0.29) is 33.9 Å². The largest absolute Gasteiger partial charge is 0.490 e. The van der Waals surface area contributed by atoms with Crippen molar-refractivity contribution in [2.45, 2.75) is 24.5 Å². The molecule has 7 N–H and O–H groups in total. The number of phosphoric acid groups is 3. The number of imidazole rings is 1. The Hall–Kier alpha value is -3.74. The number of carbonyl (C=O) groups excluding carboxylic acids is 2. The molecule has 250 valence electrons. The summed E-state index contributed by atoms with van der Waals surface area (Å²) in [4.78, 5) is 74.6. The number of benzene rings is 2. The molecule has 6 atom stereocenters. The predicted molar refractivity (Wildman–Crippen MR) is 155 cm³/mol. The Morgan fingerprint density at radius 1 is 0.872 bits per heavy atom. The Morgan fingerprint density at radius 2 is 1.51 bits per heavy atom. The molecule has 47 heavy (non-hydrogen) atoms. The molecule has 1 aliphatic heterocycles. The second-order valence-electron chi connectivity index (χ2n) is 9.67. The van der Waals surface area contributed by atoms with Crippen molar-refractivity contribution in [3.63, 3.8) is 0 Å². The molecule has 0 radical (unpaired) electrons. The number of nitrogen functional groups attached to an aromatic ring is 1. The van der Waals surface area contributed by atoms with Crippen molar-refractivity contribution in [2.75, 3.05) is 12.3 Å². The minimum atomic E-state index is -5.84. The lowest BCUT2D eigenvalue weighted by Gasteiger charge is -2.22. The third-order valence-electron chi connectivity index (χ3n) is 6.45. The van der Waals surface area contributed by atoms with Crippen LogP contribution in [0.15, 0.2) is 67.3 Å². The van der Waals surface area contributed by atoms with E-state index >= 15 is 0 Å². The van der Waals surface area contributed by atoms with Crippen molar-refractivity contribution < 1.29 is 70.6 Å². The Labute approximate surface area is 263 Å². The summed E-state index contributed by atoms with van der Waals surface area (Å²) in [5, 5.41) is 11.2. The number of nitrogens with two attached hydrogens (primary N) is 1. The standard InChI is InChI=1S/C24H24N5O15P3/c25-21-17-22(27-11-26-21)29(12-28-17)23-19(31)20(16(41-23)10-40-46(36,37)44-47(38,39)43-45(33,34)35)42-24(32)15-8-6-14(7-9-15)18(30)13-4-2-1-3-5-13/h1-9,11-12,16,19-20,23,31H,10H2,(H,36,37)(H,38,39)(H2,25,26,27)(H2,33,34,35)/t16-,19+,20?,23-/m1/s1. The number of fused-ring (bicyclic) bond motifs is 1. The summed E-state index contributed by atoms with van der Waals surface area (Å²) in [7, 11) is -17.1. The zero-order chi connectivity index (χ0) is 34.1. The number of esters is 1. The van der Waals surface area contributed by atoms with Crippen molar-refractivity contribution in [3.05, 3.63) is 83.9 Å². The predicted octanol–water partition coefficient (Wildman–Crippen LogP) is 1.47. The molecular formula is C24H24N5O15P3. The monoisotopic (exact) mass is 715 g/mol. The minimum Gasteiger partial charge on any atom is -0.453 e. The van der Waals surface area contributed by atoms with Gasteiger partial charge in [0.05, 0.1) is 18.5 Å². The number of nitrogens with zero attached hydrogens (tertiary/aromatic N) is 4. The van der Waals surface area contributed by atoms with Crippen molar-refractivity contribution >= 4 is 52.2 Å². The second kappa shape index (κ2) is 13.4. The highest BCUT2D eigenvalue weighted by Crippen LogP contribution is 2.66. The third kappa shape index (κ3) is 8.22. The van der Waals surface area contributed by atoms with Gasteiger partial charge in [-0.1, -0.05) is 42.5 Å². The number of rotatable bonds is 12. The molecule has 0 aliphatic carbocycles. The van der Waals surface area contributed by atoms with Gasteiger partial charge in [0.15, 0.2) is 29.6 Å². The Bertz CT molecular complexity index is 1940. The van der Waals surface area contributed by atoms with E-state index in [0.717, 1.165) is 6.33 Å². The maximum absolute atomic E-state index is 13.2. The van der Waals surface area contributed by atoms with Crippen LogP contribution in [0.5, 0.6) is 0 Å². The van der Waals surface area contributed by atoms with Crippen molar-refractivity contribution in [1.82, 2.24) is 19.5 Å². The third-order valence-corrected chi connectivity index (χ3v) is 10.3. The number of hydrogen-bond donors (Lipinski definition) is 6. The molecule has 0 saturated carbocycles. The maximum atomic E-state index is 13.2. The highest BCUT2D eigenvalue weighted by atomic mass is 31.3. The number of ketones is 1. The first-order valence-electron chi connectivity index (χ1n) is 13.0. The van der Waals surface area contributed by atoms with E-state index in [1.54, 1.807) is 30.3 Å². The average molecular weight is 715 g/mol. The summed E-state index contributed by atoms with van der Waals surface area (Å²) < 4.78 is 59.5.